The van der Waals surface area contributed by atoms with E-state index >= 15 is 0 Å². The number of hydrazine groups is 1. The molecule has 0 atom stereocenters. The molecule has 1 saturated carbocycles. The van der Waals surface area contributed by atoms with Gasteiger partial charge in [-0.15, -0.1) is 0 Å². The van der Waals surface area contributed by atoms with Crippen LogP contribution in [-0.2, 0) is 9.63 Å². The topological polar surface area (TPSA) is 67.6 Å². The predicted molar refractivity (Wildman–Crippen MR) is 62.2 cm³/mol. The third-order valence-corrected chi connectivity index (χ3v) is 3.29. The molecule has 5 nitrogen and oxygen atoms in total. The van der Waals surface area contributed by atoms with Crippen LogP contribution in [0.1, 0.15) is 44.9 Å². The number of hydrogen-bond acceptors (Lipinski definition) is 5. The zero-order valence-corrected chi connectivity index (χ0v) is 10.1. The minimum atomic E-state index is -0.303. The van der Waals surface area contributed by atoms with E-state index in [0.717, 1.165) is 6.54 Å². The predicted octanol–water partition coefficient (Wildman–Crippen LogP) is 0.953. The summed E-state index contributed by atoms with van der Waals surface area (Å²) in [5.74, 6) is 4.59. The van der Waals surface area contributed by atoms with Crippen LogP contribution in [0.2, 0.25) is 0 Å². The van der Waals surface area contributed by atoms with Gasteiger partial charge in [0.1, 0.15) is 0 Å². The fourth-order valence-electron chi connectivity index (χ4n) is 2.27. The van der Waals surface area contributed by atoms with Crippen molar-refractivity contribution in [3.8, 4) is 0 Å². The first kappa shape index (κ1) is 13.4. The van der Waals surface area contributed by atoms with Crippen LogP contribution >= 0.6 is 0 Å². The molecule has 0 heterocycles. The van der Waals surface area contributed by atoms with Crippen molar-refractivity contribution in [3.05, 3.63) is 0 Å². The Hall–Kier alpha value is -0.650. The van der Waals surface area contributed by atoms with Crippen LogP contribution in [0.4, 0.5) is 0 Å². The quantitative estimate of drug-likeness (QED) is 0.417. The van der Waals surface area contributed by atoms with Gasteiger partial charge in [0.25, 0.3) is 0 Å². The second kappa shape index (κ2) is 7.60. The van der Waals surface area contributed by atoms with Gasteiger partial charge in [0, 0.05) is 12.6 Å². The molecule has 0 spiro atoms. The average Bonchev–Trinajstić information content (AvgIpc) is 2.55. The number of carbonyl (C=O) groups is 1. The Kier molecular flexibility index (Phi) is 6.37. The third kappa shape index (κ3) is 4.92. The lowest BCUT2D eigenvalue weighted by Gasteiger charge is -2.26. The molecule has 0 bridgehead atoms. The Bertz CT molecular complexity index is 203. The molecular formula is C11H23N3O2. The number of nitrogens with zero attached hydrogens (tertiary/aromatic N) is 1. The number of nitrogens with two attached hydrogens (primary N) is 1. The lowest BCUT2D eigenvalue weighted by atomic mass is 10.1. The summed E-state index contributed by atoms with van der Waals surface area (Å²) in [6.45, 7) is 0.741. The van der Waals surface area contributed by atoms with Crippen molar-refractivity contribution in [1.82, 2.24) is 10.5 Å². The summed E-state index contributed by atoms with van der Waals surface area (Å²) in [4.78, 5) is 17.8. The van der Waals surface area contributed by atoms with Gasteiger partial charge in [-0.25, -0.2) is 5.84 Å². The van der Waals surface area contributed by atoms with Crippen molar-refractivity contribution in [2.45, 2.75) is 51.0 Å². The van der Waals surface area contributed by atoms with E-state index < -0.39 is 0 Å². The highest BCUT2D eigenvalue weighted by atomic mass is 16.7. The van der Waals surface area contributed by atoms with Crippen LogP contribution in [0.5, 0.6) is 0 Å². The van der Waals surface area contributed by atoms with Gasteiger partial charge < -0.3 is 9.74 Å². The number of nitrogens with one attached hydrogen (secondary N) is 1. The van der Waals surface area contributed by atoms with Gasteiger partial charge >= 0.3 is 5.97 Å². The SMILES string of the molecule is CN(CCC(=O)ONN)C1CCCCCC1. The highest BCUT2D eigenvalue weighted by molar-refractivity contribution is 5.69. The maximum Gasteiger partial charge on any atom is 0.327 e. The molecule has 3 N–H and O–H groups in total. The van der Waals surface area contributed by atoms with Crippen LogP contribution in [0, 0.1) is 0 Å². The molecule has 1 rings (SSSR count). The maximum absolute atomic E-state index is 11.1. The molecule has 5 heteroatoms. The summed E-state index contributed by atoms with van der Waals surface area (Å²) in [7, 11) is 2.08. The van der Waals surface area contributed by atoms with Crippen LogP contribution in [0.15, 0.2) is 0 Å². The number of rotatable bonds is 5. The van der Waals surface area contributed by atoms with E-state index in [9.17, 15) is 4.79 Å². The zero-order chi connectivity index (χ0) is 11.8. The minimum absolute atomic E-state index is 0.303. The summed E-state index contributed by atoms with van der Waals surface area (Å²) in [6.07, 6.45) is 8.21. The number of carbonyl (C=O) groups excluding carboxylic acids is 1. The minimum Gasteiger partial charge on any atom is -0.356 e. The van der Waals surface area contributed by atoms with Crippen molar-refractivity contribution in [3.63, 3.8) is 0 Å². The van der Waals surface area contributed by atoms with Crippen molar-refractivity contribution in [2.24, 2.45) is 5.84 Å². The normalized spacial score (nSPS) is 18.4. The molecular weight excluding hydrogens is 206 g/mol. The van der Waals surface area contributed by atoms with Gasteiger partial charge in [-0.1, -0.05) is 31.3 Å². The molecule has 0 aromatic carbocycles. The average molecular weight is 229 g/mol. The molecule has 0 saturated heterocycles. The summed E-state index contributed by atoms with van der Waals surface area (Å²) in [5, 5.41) is 0. The van der Waals surface area contributed by atoms with Crippen molar-refractivity contribution < 1.29 is 9.63 Å². The van der Waals surface area contributed by atoms with Crippen molar-refractivity contribution in [1.29, 1.82) is 0 Å². The van der Waals surface area contributed by atoms with E-state index in [0.29, 0.717) is 12.5 Å². The van der Waals surface area contributed by atoms with Crippen molar-refractivity contribution >= 4 is 5.97 Å². The lowest BCUT2D eigenvalue weighted by molar-refractivity contribution is -0.151. The fraction of sp³-hybridized carbons (Fsp3) is 0.909. The first-order valence-electron chi connectivity index (χ1n) is 6.09. The first-order valence-corrected chi connectivity index (χ1v) is 6.09. The number of hydrogen-bond donors (Lipinski definition) is 2. The van der Waals surface area contributed by atoms with Crippen LogP contribution in [-0.4, -0.2) is 30.5 Å². The van der Waals surface area contributed by atoms with E-state index in [-0.39, 0.29) is 5.97 Å². The van der Waals surface area contributed by atoms with E-state index in [2.05, 4.69) is 16.8 Å². The Labute approximate surface area is 97.2 Å². The third-order valence-electron chi connectivity index (χ3n) is 3.29. The molecule has 94 valence electrons. The maximum atomic E-state index is 11.1. The Morgan fingerprint density at radius 2 is 2.00 bits per heavy atom. The van der Waals surface area contributed by atoms with Crippen LogP contribution in [0.3, 0.4) is 0 Å². The molecule has 0 amide bonds. The largest absolute Gasteiger partial charge is 0.356 e. The molecule has 0 aromatic rings. The fourth-order valence-corrected chi connectivity index (χ4v) is 2.27. The van der Waals surface area contributed by atoms with Crippen LogP contribution < -0.4 is 11.4 Å². The highest BCUT2D eigenvalue weighted by Gasteiger charge is 2.17. The highest BCUT2D eigenvalue weighted by Crippen LogP contribution is 2.20. The molecule has 1 aliphatic carbocycles. The molecule has 1 fully saturated rings. The lowest BCUT2D eigenvalue weighted by Crippen LogP contribution is -2.34. The first-order chi connectivity index (χ1) is 7.74. The summed E-state index contributed by atoms with van der Waals surface area (Å²) in [6, 6.07) is 0.626. The van der Waals surface area contributed by atoms with Gasteiger partial charge in [0.2, 0.25) is 0 Å². The Balaban J connectivity index is 2.22. The molecule has 0 aliphatic heterocycles. The molecule has 0 unspecified atom stereocenters. The van der Waals surface area contributed by atoms with Gasteiger partial charge in [-0.05, 0) is 19.9 Å². The molecule has 0 radical (unpaired) electrons. The van der Waals surface area contributed by atoms with Gasteiger partial charge in [0.05, 0.1) is 6.42 Å². The monoisotopic (exact) mass is 229 g/mol. The summed E-state index contributed by atoms with van der Waals surface area (Å²) < 4.78 is 0. The smallest absolute Gasteiger partial charge is 0.327 e. The Morgan fingerprint density at radius 1 is 1.38 bits per heavy atom. The van der Waals surface area contributed by atoms with E-state index in [1.54, 1.807) is 0 Å². The van der Waals surface area contributed by atoms with Crippen LogP contribution in [0.25, 0.3) is 0 Å². The standard InChI is InChI=1S/C11H23N3O2/c1-14(9-8-11(15)16-13-12)10-6-4-2-3-5-7-10/h10,13H,2-9,12H2,1H3. The molecule has 0 aromatic heterocycles. The van der Waals surface area contributed by atoms with Gasteiger partial charge in [0.15, 0.2) is 0 Å². The second-order valence-corrected chi connectivity index (χ2v) is 4.47. The zero-order valence-electron chi connectivity index (χ0n) is 10.1. The molecule has 1 aliphatic rings. The molecule has 16 heavy (non-hydrogen) atoms. The second-order valence-electron chi connectivity index (χ2n) is 4.47. The van der Waals surface area contributed by atoms with E-state index in [1.807, 2.05) is 5.59 Å². The van der Waals surface area contributed by atoms with E-state index in [1.165, 1.54) is 38.5 Å². The Morgan fingerprint density at radius 3 is 2.56 bits per heavy atom. The van der Waals surface area contributed by atoms with Gasteiger partial charge in [-0.2, -0.15) is 0 Å². The van der Waals surface area contributed by atoms with E-state index in [4.69, 9.17) is 5.84 Å². The summed E-state index contributed by atoms with van der Waals surface area (Å²) >= 11 is 0. The van der Waals surface area contributed by atoms with Crippen molar-refractivity contribution in [2.75, 3.05) is 13.6 Å². The van der Waals surface area contributed by atoms with Gasteiger partial charge in [-0.3, -0.25) is 4.79 Å². The summed E-state index contributed by atoms with van der Waals surface area (Å²) in [5.41, 5.74) is 1.91.